The van der Waals surface area contributed by atoms with Crippen molar-refractivity contribution in [2.24, 2.45) is 0 Å². The van der Waals surface area contributed by atoms with Crippen LogP contribution in [0.25, 0.3) is 0 Å². The number of oxazole rings is 1. The molecule has 0 aromatic carbocycles. The minimum atomic E-state index is -0.358. The number of nitrogens with one attached hydrogen (secondary N) is 2. The number of rotatable bonds is 2. The fraction of sp³-hybridized carbons (Fsp3) is 0.222. The Labute approximate surface area is 85.7 Å². The van der Waals surface area contributed by atoms with Crippen molar-refractivity contribution in [3.8, 4) is 0 Å². The standard InChI is InChI=1S/C9H10N4O2/c1-5-7(15-6(2)12-5)8(14)13-9-10-3-4-11-9/h3-4H,1-2H3,(H2,10,11,13,14). The minimum absolute atomic E-state index is 0.212. The third kappa shape index (κ3) is 1.88. The number of amides is 1. The number of aryl methyl sites for hydroxylation is 2. The summed E-state index contributed by atoms with van der Waals surface area (Å²) in [5.74, 6) is 0.706. The van der Waals surface area contributed by atoms with Crippen LogP contribution >= 0.6 is 0 Å². The van der Waals surface area contributed by atoms with Crippen LogP contribution in [-0.4, -0.2) is 20.9 Å². The first-order valence-corrected chi connectivity index (χ1v) is 4.41. The molecular formula is C9H10N4O2. The Morgan fingerprint density at radius 2 is 2.33 bits per heavy atom. The summed E-state index contributed by atoms with van der Waals surface area (Å²) in [5.41, 5.74) is 0.566. The van der Waals surface area contributed by atoms with E-state index in [9.17, 15) is 4.79 Å². The van der Waals surface area contributed by atoms with Gasteiger partial charge in [0.05, 0.1) is 5.69 Å². The number of nitrogens with zero attached hydrogens (tertiary/aromatic N) is 2. The Hall–Kier alpha value is -2.11. The van der Waals surface area contributed by atoms with Crippen LogP contribution in [0.1, 0.15) is 22.1 Å². The number of hydrogen-bond donors (Lipinski definition) is 2. The van der Waals surface area contributed by atoms with E-state index in [4.69, 9.17) is 4.42 Å². The van der Waals surface area contributed by atoms with Crippen LogP contribution in [0.3, 0.4) is 0 Å². The van der Waals surface area contributed by atoms with Gasteiger partial charge in [0.2, 0.25) is 11.7 Å². The summed E-state index contributed by atoms with van der Waals surface area (Å²) < 4.78 is 5.16. The Morgan fingerprint density at radius 3 is 2.87 bits per heavy atom. The van der Waals surface area contributed by atoms with E-state index in [0.717, 1.165) is 0 Å². The molecule has 2 aromatic rings. The number of carbonyl (C=O) groups is 1. The van der Waals surface area contributed by atoms with Gasteiger partial charge in [0, 0.05) is 19.3 Å². The van der Waals surface area contributed by atoms with Gasteiger partial charge in [0.25, 0.3) is 5.91 Å². The monoisotopic (exact) mass is 206 g/mol. The third-order valence-corrected chi connectivity index (χ3v) is 1.84. The zero-order chi connectivity index (χ0) is 10.8. The fourth-order valence-electron chi connectivity index (χ4n) is 1.24. The van der Waals surface area contributed by atoms with Gasteiger partial charge in [0.1, 0.15) is 0 Å². The van der Waals surface area contributed by atoms with Gasteiger partial charge in [-0.1, -0.05) is 0 Å². The molecule has 6 heteroatoms. The summed E-state index contributed by atoms with van der Waals surface area (Å²) in [6.45, 7) is 3.41. The van der Waals surface area contributed by atoms with E-state index in [1.54, 1.807) is 26.2 Å². The molecule has 2 heterocycles. The SMILES string of the molecule is Cc1nc(C)c(C(=O)Nc2ncc[nH]2)o1. The second-order valence-electron chi connectivity index (χ2n) is 3.04. The van der Waals surface area contributed by atoms with E-state index >= 15 is 0 Å². The van der Waals surface area contributed by atoms with Crippen molar-refractivity contribution in [1.82, 2.24) is 15.0 Å². The first-order chi connectivity index (χ1) is 7.16. The van der Waals surface area contributed by atoms with Crippen LogP contribution in [0.15, 0.2) is 16.8 Å². The molecule has 0 unspecified atom stereocenters. The lowest BCUT2D eigenvalue weighted by atomic mass is 10.3. The van der Waals surface area contributed by atoms with Gasteiger partial charge in [-0.2, -0.15) is 0 Å². The third-order valence-electron chi connectivity index (χ3n) is 1.84. The van der Waals surface area contributed by atoms with Crippen LogP contribution in [0.4, 0.5) is 5.95 Å². The van der Waals surface area contributed by atoms with Crippen molar-refractivity contribution >= 4 is 11.9 Å². The van der Waals surface area contributed by atoms with E-state index in [1.807, 2.05) is 0 Å². The van der Waals surface area contributed by atoms with Gasteiger partial charge in [0.15, 0.2) is 5.89 Å². The second kappa shape index (κ2) is 3.56. The van der Waals surface area contributed by atoms with E-state index in [2.05, 4.69) is 20.3 Å². The number of carbonyl (C=O) groups excluding carboxylic acids is 1. The number of hydrogen-bond acceptors (Lipinski definition) is 4. The highest BCUT2D eigenvalue weighted by Crippen LogP contribution is 2.10. The summed E-state index contributed by atoms with van der Waals surface area (Å²) in [4.78, 5) is 22.3. The van der Waals surface area contributed by atoms with Crippen molar-refractivity contribution in [3.05, 3.63) is 29.7 Å². The number of H-pyrrole nitrogens is 1. The Balaban J connectivity index is 2.18. The Bertz CT molecular complexity index is 472. The average Bonchev–Trinajstić information content (AvgIpc) is 2.75. The summed E-state index contributed by atoms with van der Waals surface area (Å²) in [6, 6.07) is 0. The quantitative estimate of drug-likeness (QED) is 0.774. The maximum absolute atomic E-state index is 11.6. The fourth-order valence-corrected chi connectivity index (χ4v) is 1.24. The maximum atomic E-state index is 11.6. The molecule has 0 atom stereocenters. The molecule has 0 spiro atoms. The lowest BCUT2D eigenvalue weighted by molar-refractivity contribution is 0.0994. The van der Waals surface area contributed by atoms with Gasteiger partial charge in [-0.25, -0.2) is 9.97 Å². The molecule has 0 aliphatic heterocycles. The molecular weight excluding hydrogens is 196 g/mol. The molecule has 1 amide bonds. The van der Waals surface area contributed by atoms with Crippen LogP contribution in [0.5, 0.6) is 0 Å². The van der Waals surface area contributed by atoms with Gasteiger partial charge >= 0.3 is 0 Å². The van der Waals surface area contributed by atoms with Crippen molar-refractivity contribution in [3.63, 3.8) is 0 Å². The molecule has 0 saturated heterocycles. The first-order valence-electron chi connectivity index (χ1n) is 4.41. The van der Waals surface area contributed by atoms with Crippen LogP contribution in [-0.2, 0) is 0 Å². The van der Waals surface area contributed by atoms with Crippen molar-refractivity contribution in [1.29, 1.82) is 0 Å². The normalized spacial score (nSPS) is 10.3. The van der Waals surface area contributed by atoms with Gasteiger partial charge < -0.3 is 9.40 Å². The predicted molar refractivity (Wildman–Crippen MR) is 52.5 cm³/mol. The van der Waals surface area contributed by atoms with E-state index in [0.29, 0.717) is 17.5 Å². The molecule has 15 heavy (non-hydrogen) atoms. The van der Waals surface area contributed by atoms with Gasteiger partial charge in [-0.05, 0) is 6.92 Å². The molecule has 0 bridgehead atoms. The number of anilines is 1. The average molecular weight is 206 g/mol. The molecule has 78 valence electrons. The predicted octanol–water partition coefficient (Wildman–Crippen LogP) is 1.27. The first kappa shape index (κ1) is 9.45. The van der Waals surface area contributed by atoms with Crippen molar-refractivity contribution in [2.75, 3.05) is 5.32 Å². The highest BCUT2D eigenvalue weighted by atomic mass is 16.4. The highest BCUT2D eigenvalue weighted by molar-refractivity contribution is 6.01. The topological polar surface area (TPSA) is 83.8 Å². The zero-order valence-electron chi connectivity index (χ0n) is 8.37. The molecule has 6 nitrogen and oxygen atoms in total. The summed E-state index contributed by atoms with van der Waals surface area (Å²) in [6.07, 6.45) is 3.17. The molecule has 2 aromatic heterocycles. The molecule has 0 aliphatic carbocycles. The summed E-state index contributed by atoms with van der Waals surface area (Å²) in [7, 11) is 0. The van der Waals surface area contributed by atoms with E-state index in [-0.39, 0.29) is 11.7 Å². The number of aromatic amines is 1. The minimum Gasteiger partial charge on any atom is -0.436 e. The van der Waals surface area contributed by atoms with E-state index < -0.39 is 0 Å². The summed E-state index contributed by atoms with van der Waals surface area (Å²) in [5, 5.41) is 2.55. The molecule has 0 saturated carbocycles. The Kier molecular flexibility index (Phi) is 2.24. The second-order valence-corrected chi connectivity index (χ2v) is 3.04. The molecule has 0 aliphatic rings. The lowest BCUT2D eigenvalue weighted by Crippen LogP contribution is -2.13. The molecule has 2 rings (SSSR count). The zero-order valence-corrected chi connectivity index (χ0v) is 8.37. The lowest BCUT2D eigenvalue weighted by Gasteiger charge is -1.97. The molecule has 0 radical (unpaired) electrons. The van der Waals surface area contributed by atoms with Gasteiger partial charge in [-0.15, -0.1) is 0 Å². The van der Waals surface area contributed by atoms with Crippen molar-refractivity contribution < 1.29 is 9.21 Å². The molecule has 2 N–H and O–H groups in total. The van der Waals surface area contributed by atoms with Crippen molar-refractivity contribution in [2.45, 2.75) is 13.8 Å². The van der Waals surface area contributed by atoms with Crippen LogP contribution in [0.2, 0.25) is 0 Å². The largest absolute Gasteiger partial charge is 0.436 e. The maximum Gasteiger partial charge on any atom is 0.295 e. The smallest absolute Gasteiger partial charge is 0.295 e. The van der Waals surface area contributed by atoms with Crippen LogP contribution < -0.4 is 5.32 Å². The number of aromatic nitrogens is 3. The Morgan fingerprint density at radius 1 is 1.53 bits per heavy atom. The van der Waals surface area contributed by atoms with E-state index in [1.165, 1.54) is 0 Å². The van der Waals surface area contributed by atoms with Crippen LogP contribution in [0, 0.1) is 13.8 Å². The number of imidazole rings is 1. The summed E-state index contributed by atoms with van der Waals surface area (Å²) >= 11 is 0. The molecule has 0 fully saturated rings. The van der Waals surface area contributed by atoms with Gasteiger partial charge in [-0.3, -0.25) is 10.1 Å². The highest BCUT2D eigenvalue weighted by Gasteiger charge is 2.16.